The Morgan fingerprint density at radius 3 is 2.84 bits per heavy atom. The van der Waals surface area contributed by atoms with Crippen molar-refractivity contribution in [2.75, 3.05) is 11.4 Å². The first kappa shape index (κ1) is 18.0. The highest BCUT2D eigenvalue weighted by molar-refractivity contribution is 5.94. The van der Waals surface area contributed by atoms with E-state index < -0.39 is 0 Å². The van der Waals surface area contributed by atoms with Gasteiger partial charge in [-0.3, -0.25) is 4.79 Å². The van der Waals surface area contributed by atoms with Crippen molar-refractivity contribution in [3.8, 4) is 0 Å². The van der Waals surface area contributed by atoms with Gasteiger partial charge in [0.1, 0.15) is 17.4 Å². The lowest BCUT2D eigenvalue weighted by Crippen LogP contribution is -2.38. The maximum absolute atomic E-state index is 14.3. The number of halogens is 1. The number of hydrogen-bond acceptors (Lipinski definition) is 6. The Bertz CT molecular complexity index is 1280. The summed E-state index contributed by atoms with van der Waals surface area (Å²) in [4.78, 5) is 30.9. The van der Waals surface area contributed by atoms with Crippen LogP contribution in [0.25, 0.3) is 5.52 Å². The van der Waals surface area contributed by atoms with Crippen molar-refractivity contribution in [3.63, 3.8) is 0 Å². The number of anilines is 1. The molecule has 2 aliphatic rings. The van der Waals surface area contributed by atoms with E-state index in [1.807, 2.05) is 4.90 Å². The molecule has 10 heteroatoms. The molecule has 31 heavy (non-hydrogen) atoms. The Morgan fingerprint density at radius 2 is 2.06 bits per heavy atom. The van der Waals surface area contributed by atoms with Crippen LogP contribution in [0.5, 0.6) is 0 Å². The average Bonchev–Trinajstić information content (AvgIpc) is 3.29. The van der Waals surface area contributed by atoms with E-state index in [2.05, 4.69) is 30.4 Å². The van der Waals surface area contributed by atoms with Crippen LogP contribution in [0.2, 0.25) is 0 Å². The molecule has 0 radical (unpaired) electrons. The SMILES string of the molecule is O=C(NC1CC1)c1cnc(N2CCc3[nH]cnc3[C@@H]2c2cc3c(F)cccn3n2)nc1. The van der Waals surface area contributed by atoms with Gasteiger partial charge in [0.25, 0.3) is 5.91 Å². The van der Waals surface area contributed by atoms with Gasteiger partial charge in [-0.05, 0) is 31.0 Å². The number of aromatic amines is 1. The Balaban J connectivity index is 1.38. The minimum atomic E-state index is -0.375. The van der Waals surface area contributed by atoms with Gasteiger partial charge in [0.2, 0.25) is 5.95 Å². The molecule has 1 aliphatic heterocycles. The first-order chi connectivity index (χ1) is 15.2. The van der Waals surface area contributed by atoms with Crippen LogP contribution >= 0.6 is 0 Å². The molecule has 2 N–H and O–H groups in total. The minimum absolute atomic E-state index is 0.158. The van der Waals surface area contributed by atoms with Crippen molar-refractivity contribution < 1.29 is 9.18 Å². The second-order valence-electron chi connectivity index (χ2n) is 7.89. The Kier molecular flexibility index (Phi) is 3.98. The van der Waals surface area contributed by atoms with Gasteiger partial charge in [-0.25, -0.2) is 23.9 Å². The van der Waals surface area contributed by atoms with Crippen molar-refractivity contribution in [2.24, 2.45) is 0 Å². The normalized spacial score (nSPS) is 18.2. The summed E-state index contributed by atoms with van der Waals surface area (Å²) in [7, 11) is 0. The number of imidazole rings is 1. The molecule has 5 heterocycles. The van der Waals surface area contributed by atoms with Gasteiger partial charge in [0.15, 0.2) is 0 Å². The van der Waals surface area contributed by atoms with Crippen LogP contribution in [-0.2, 0) is 6.42 Å². The molecule has 1 fully saturated rings. The molecule has 1 atom stereocenters. The lowest BCUT2D eigenvalue weighted by Gasteiger charge is -2.33. The fourth-order valence-electron chi connectivity index (χ4n) is 4.01. The summed E-state index contributed by atoms with van der Waals surface area (Å²) < 4.78 is 15.8. The van der Waals surface area contributed by atoms with E-state index in [1.54, 1.807) is 37.1 Å². The molecule has 1 saturated carbocycles. The van der Waals surface area contributed by atoms with Crippen LogP contribution in [-0.4, -0.2) is 48.0 Å². The van der Waals surface area contributed by atoms with Gasteiger partial charge >= 0.3 is 0 Å². The summed E-state index contributed by atoms with van der Waals surface area (Å²) in [5.74, 6) is -0.0260. The predicted octanol–water partition coefficient (Wildman–Crippen LogP) is 2.03. The third-order valence-electron chi connectivity index (χ3n) is 5.74. The number of hydrogen-bond donors (Lipinski definition) is 2. The zero-order chi connectivity index (χ0) is 20.9. The van der Waals surface area contributed by atoms with Gasteiger partial charge in [-0.1, -0.05) is 0 Å². The molecular formula is C21H19FN8O. The molecule has 0 spiro atoms. The summed E-state index contributed by atoms with van der Waals surface area (Å²) in [6.45, 7) is 0.629. The largest absolute Gasteiger partial charge is 0.349 e. The zero-order valence-corrected chi connectivity index (χ0v) is 16.5. The second kappa shape index (κ2) is 6.86. The summed E-state index contributed by atoms with van der Waals surface area (Å²) >= 11 is 0. The van der Waals surface area contributed by atoms with Crippen molar-refractivity contribution in [3.05, 3.63) is 71.6 Å². The molecule has 1 amide bonds. The number of nitrogens with one attached hydrogen (secondary N) is 2. The van der Waals surface area contributed by atoms with Crippen molar-refractivity contribution in [1.29, 1.82) is 0 Å². The maximum atomic E-state index is 14.3. The molecule has 1 aliphatic carbocycles. The summed E-state index contributed by atoms with van der Waals surface area (Å²) in [6, 6.07) is 4.65. The number of aromatic nitrogens is 6. The van der Waals surface area contributed by atoms with Crippen LogP contribution in [0.15, 0.2) is 43.1 Å². The van der Waals surface area contributed by atoms with Crippen molar-refractivity contribution >= 4 is 17.4 Å². The number of rotatable bonds is 4. The average molecular weight is 418 g/mol. The van der Waals surface area contributed by atoms with Gasteiger partial charge in [-0.2, -0.15) is 5.10 Å². The van der Waals surface area contributed by atoms with Crippen molar-refractivity contribution in [1.82, 2.24) is 34.9 Å². The topological polar surface area (TPSA) is 104 Å². The molecule has 0 unspecified atom stereocenters. The van der Waals surface area contributed by atoms with E-state index in [0.29, 0.717) is 29.3 Å². The van der Waals surface area contributed by atoms with E-state index in [1.165, 1.54) is 10.6 Å². The third kappa shape index (κ3) is 3.11. The number of H-pyrrole nitrogens is 1. The highest BCUT2D eigenvalue weighted by Gasteiger charge is 2.35. The van der Waals surface area contributed by atoms with Crippen LogP contribution in [0.1, 0.15) is 46.3 Å². The number of carbonyl (C=O) groups excluding carboxylic acids is 1. The molecule has 0 saturated heterocycles. The highest BCUT2D eigenvalue weighted by Crippen LogP contribution is 2.35. The minimum Gasteiger partial charge on any atom is -0.349 e. The summed E-state index contributed by atoms with van der Waals surface area (Å²) in [5, 5.41) is 7.54. The van der Waals surface area contributed by atoms with E-state index in [-0.39, 0.29) is 23.8 Å². The van der Waals surface area contributed by atoms with E-state index in [4.69, 9.17) is 0 Å². The molecule has 4 aromatic heterocycles. The number of nitrogens with zero attached hydrogens (tertiary/aromatic N) is 6. The molecule has 156 valence electrons. The second-order valence-corrected chi connectivity index (χ2v) is 7.89. The number of carbonyl (C=O) groups is 1. The van der Waals surface area contributed by atoms with Crippen LogP contribution in [0.3, 0.4) is 0 Å². The fraction of sp³-hybridized carbons (Fsp3) is 0.286. The molecule has 4 aromatic rings. The quantitative estimate of drug-likeness (QED) is 0.526. The lowest BCUT2D eigenvalue weighted by atomic mass is 10.00. The first-order valence-electron chi connectivity index (χ1n) is 10.2. The molecule has 9 nitrogen and oxygen atoms in total. The summed E-state index contributed by atoms with van der Waals surface area (Å²) in [5.41, 5.74) is 3.30. The van der Waals surface area contributed by atoms with Gasteiger partial charge < -0.3 is 15.2 Å². The van der Waals surface area contributed by atoms with Crippen LogP contribution in [0.4, 0.5) is 10.3 Å². The maximum Gasteiger partial charge on any atom is 0.254 e. The van der Waals surface area contributed by atoms with E-state index >= 15 is 0 Å². The fourth-order valence-corrected chi connectivity index (χ4v) is 4.01. The molecular weight excluding hydrogens is 399 g/mol. The molecule has 0 aromatic carbocycles. The number of fused-ring (bicyclic) bond motifs is 2. The summed E-state index contributed by atoms with van der Waals surface area (Å²) in [6.07, 6.45) is 9.23. The predicted molar refractivity (Wildman–Crippen MR) is 109 cm³/mol. The Labute approximate surface area is 176 Å². The zero-order valence-electron chi connectivity index (χ0n) is 16.5. The lowest BCUT2D eigenvalue weighted by molar-refractivity contribution is 0.0950. The van der Waals surface area contributed by atoms with Crippen LogP contribution < -0.4 is 10.2 Å². The van der Waals surface area contributed by atoms with Gasteiger partial charge in [-0.15, -0.1) is 0 Å². The van der Waals surface area contributed by atoms with Gasteiger partial charge in [0, 0.05) is 43.3 Å². The third-order valence-corrected chi connectivity index (χ3v) is 5.74. The monoisotopic (exact) mass is 418 g/mol. The number of amides is 1. The number of pyridine rings is 1. The molecule has 0 bridgehead atoms. The smallest absolute Gasteiger partial charge is 0.254 e. The van der Waals surface area contributed by atoms with Gasteiger partial charge in [0.05, 0.1) is 23.3 Å². The van der Waals surface area contributed by atoms with E-state index in [0.717, 1.165) is 30.7 Å². The van der Waals surface area contributed by atoms with Crippen LogP contribution in [0, 0.1) is 5.82 Å². The standard InChI is InChI=1S/C21H19FN8O/c22-14-2-1-6-30-17(14)8-16(28-30)19-18-15(25-11-26-18)5-7-29(19)21-23-9-12(10-24-21)20(31)27-13-3-4-13/h1-2,6,8-11,13,19H,3-5,7H2,(H,25,26)(H,27,31)/t19-/m0/s1. The van der Waals surface area contributed by atoms with E-state index in [9.17, 15) is 9.18 Å². The Morgan fingerprint density at radius 1 is 1.23 bits per heavy atom. The Hall–Kier alpha value is -3.82. The van der Waals surface area contributed by atoms with Crippen molar-refractivity contribution in [2.45, 2.75) is 31.3 Å². The first-order valence-corrected chi connectivity index (χ1v) is 10.2. The molecule has 6 rings (SSSR count). The highest BCUT2D eigenvalue weighted by atomic mass is 19.1.